The number of rotatable bonds is 5. The van der Waals surface area contributed by atoms with Gasteiger partial charge in [0.25, 0.3) is 0 Å². The van der Waals surface area contributed by atoms with Gasteiger partial charge in [-0.05, 0) is 6.92 Å². The summed E-state index contributed by atoms with van der Waals surface area (Å²) in [4.78, 5) is 26.0. The van der Waals surface area contributed by atoms with Gasteiger partial charge in [-0.3, -0.25) is 4.79 Å². The Morgan fingerprint density at radius 2 is 2.14 bits per heavy atom. The van der Waals surface area contributed by atoms with E-state index in [0.29, 0.717) is 6.54 Å². The highest BCUT2D eigenvalue weighted by molar-refractivity contribution is 7.91. The highest BCUT2D eigenvalue weighted by Crippen LogP contribution is 2.17. The molecule has 1 N–H and O–H groups in total. The first-order chi connectivity index (χ1) is 9.80. The number of carbonyl (C=O) groups is 2. The Bertz CT molecular complexity index is 540. The Kier molecular flexibility index (Phi) is 5.96. The highest BCUT2D eigenvalue weighted by Gasteiger charge is 2.36. The van der Waals surface area contributed by atoms with Crippen molar-refractivity contribution in [1.29, 1.82) is 5.26 Å². The van der Waals surface area contributed by atoms with Crippen molar-refractivity contribution in [3.63, 3.8) is 0 Å². The maximum absolute atomic E-state index is 12.4. The Labute approximate surface area is 123 Å². The molecule has 0 aromatic heterocycles. The lowest BCUT2D eigenvalue weighted by Gasteiger charge is -2.37. The van der Waals surface area contributed by atoms with Crippen molar-refractivity contribution in [2.45, 2.75) is 25.8 Å². The highest BCUT2D eigenvalue weighted by atomic mass is 32.2. The molecule has 1 atom stereocenters. The minimum atomic E-state index is -3.32. The molecule has 118 valence electrons. The number of hydrogen-bond acceptors (Lipinski definition) is 5. The van der Waals surface area contributed by atoms with Crippen molar-refractivity contribution in [3.05, 3.63) is 0 Å². The van der Waals surface area contributed by atoms with Gasteiger partial charge in [-0.1, -0.05) is 0 Å². The molecule has 1 aliphatic rings. The number of amides is 2. The SMILES string of the molecule is CCN(CCC#N)C(=O)N1CCS(=O)(=O)CC1CC(=O)O. The molecule has 0 saturated carbocycles. The molecule has 1 fully saturated rings. The monoisotopic (exact) mass is 317 g/mol. The lowest BCUT2D eigenvalue weighted by Crippen LogP contribution is -2.56. The molecular formula is C12H19N3O5S. The lowest BCUT2D eigenvalue weighted by molar-refractivity contribution is -0.138. The molecule has 1 heterocycles. The first-order valence-electron chi connectivity index (χ1n) is 6.65. The van der Waals surface area contributed by atoms with Gasteiger partial charge >= 0.3 is 12.0 Å². The molecule has 21 heavy (non-hydrogen) atoms. The number of urea groups is 1. The fourth-order valence-corrected chi connectivity index (χ4v) is 3.79. The molecule has 0 aromatic carbocycles. The molecule has 1 unspecified atom stereocenters. The van der Waals surface area contributed by atoms with E-state index in [4.69, 9.17) is 10.4 Å². The maximum atomic E-state index is 12.4. The fourth-order valence-electron chi connectivity index (χ4n) is 2.26. The molecule has 8 nitrogen and oxygen atoms in total. The van der Waals surface area contributed by atoms with Crippen LogP contribution in [-0.4, -0.2) is 72.5 Å². The minimum Gasteiger partial charge on any atom is -0.481 e. The Balaban J connectivity index is 2.88. The summed E-state index contributed by atoms with van der Waals surface area (Å²) >= 11 is 0. The molecule has 0 bridgehead atoms. The second-order valence-electron chi connectivity index (χ2n) is 4.83. The van der Waals surface area contributed by atoms with Crippen LogP contribution < -0.4 is 0 Å². The number of hydrogen-bond donors (Lipinski definition) is 1. The predicted molar refractivity (Wildman–Crippen MR) is 74.3 cm³/mol. The molecule has 0 aromatic rings. The third-order valence-corrected chi connectivity index (χ3v) is 5.03. The summed E-state index contributed by atoms with van der Waals surface area (Å²) in [6.07, 6.45) is -0.226. The average Bonchev–Trinajstić information content (AvgIpc) is 2.37. The standard InChI is InChI=1S/C12H19N3O5S/c1-2-14(5-3-4-13)12(18)15-6-7-21(19,20)9-10(15)8-11(16)17/h10H,2-3,5-9H2,1H3,(H,16,17). The van der Waals surface area contributed by atoms with Gasteiger partial charge in [0.05, 0.1) is 36.5 Å². The normalized spacial score (nSPS) is 20.6. The number of aliphatic carboxylic acids is 1. The van der Waals surface area contributed by atoms with Crippen LogP contribution in [-0.2, 0) is 14.6 Å². The van der Waals surface area contributed by atoms with Crippen LogP contribution in [0.2, 0.25) is 0 Å². The zero-order valence-electron chi connectivity index (χ0n) is 11.9. The van der Waals surface area contributed by atoms with E-state index < -0.39 is 34.3 Å². The van der Waals surface area contributed by atoms with Crippen LogP contribution in [0.4, 0.5) is 4.79 Å². The van der Waals surface area contributed by atoms with Crippen molar-refractivity contribution < 1.29 is 23.1 Å². The summed E-state index contributed by atoms with van der Waals surface area (Å²) in [6, 6.07) is 0.679. The molecule has 0 aliphatic carbocycles. The van der Waals surface area contributed by atoms with E-state index >= 15 is 0 Å². The van der Waals surface area contributed by atoms with Gasteiger partial charge in [0.1, 0.15) is 0 Å². The van der Waals surface area contributed by atoms with E-state index in [2.05, 4.69) is 0 Å². The molecule has 9 heteroatoms. The molecule has 1 saturated heterocycles. The number of carbonyl (C=O) groups excluding carboxylic acids is 1. The first-order valence-corrected chi connectivity index (χ1v) is 8.47. The summed E-state index contributed by atoms with van der Waals surface area (Å²) in [6.45, 7) is 2.36. The Hall–Kier alpha value is -1.82. The largest absolute Gasteiger partial charge is 0.481 e. The summed E-state index contributed by atoms with van der Waals surface area (Å²) < 4.78 is 23.3. The second kappa shape index (κ2) is 7.26. The van der Waals surface area contributed by atoms with Crippen LogP contribution in [0.3, 0.4) is 0 Å². The third kappa shape index (κ3) is 4.90. The van der Waals surface area contributed by atoms with Crippen LogP contribution in [0.25, 0.3) is 0 Å². The van der Waals surface area contributed by atoms with Crippen LogP contribution in [0.1, 0.15) is 19.8 Å². The zero-order valence-corrected chi connectivity index (χ0v) is 12.7. The van der Waals surface area contributed by atoms with Gasteiger partial charge < -0.3 is 14.9 Å². The fraction of sp³-hybridized carbons (Fsp3) is 0.750. The molecule has 0 spiro atoms. The van der Waals surface area contributed by atoms with Crippen molar-refractivity contribution in [2.75, 3.05) is 31.1 Å². The smallest absolute Gasteiger partial charge is 0.320 e. The van der Waals surface area contributed by atoms with Crippen molar-refractivity contribution in [1.82, 2.24) is 9.80 Å². The van der Waals surface area contributed by atoms with Gasteiger partial charge in [0.2, 0.25) is 0 Å². The second-order valence-corrected chi connectivity index (χ2v) is 7.06. The van der Waals surface area contributed by atoms with E-state index in [1.807, 2.05) is 6.07 Å². The average molecular weight is 317 g/mol. The Morgan fingerprint density at radius 1 is 1.48 bits per heavy atom. The van der Waals surface area contributed by atoms with Crippen LogP contribution >= 0.6 is 0 Å². The van der Waals surface area contributed by atoms with E-state index in [1.165, 1.54) is 9.80 Å². The van der Waals surface area contributed by atoms with Crippen LogP contribution in [0.5, 0.6) is 0 Å². The minimum absolute atomic E-state index is 0.0117. The third-order valence-electron chi connectivity index (χ3n) is 3.33. The maximum Gasteiger partial charge on any atom is 0.320 e. The van der Waals surface area contributed by atoms with Crippen molar-refractivity contribution >= 4 is 21.8 Å². The van der Waals surface area contributed by atoms with Gasteiger partial charge in [0.15, 0.2) is 9.84 Å². The molecule has 1 aliphatic heterocycles. The number of nitrogens with zero attached hydrogens (tertiary/aromatic N) is 3. The van der Waals surface area contributed by atoms with Gasteiger partial charge in [-0.2, -0.15) is 5.26 Å². The van der Waals surface area contributed by atoms with E-state index in [9.17, 15) is 18.0 Å². The first kappa shape index (κ1) is 17.2. The van der Waals surface area contributed by atoms with Gasteiger partial charge in [-0.15, -0.1) is 0 Å². The summed E-state index contributed by atoms with van der Waals surface area (Å²) in [5.74, 6) is -1.64. The van der Waals surface area contributed by atoms with E-state index in [-0.39, 0.29) is 31.0 Å². The van der Waals surface area contributed by atoms with Crippen LogP contribution in [0.15, 0.2) is 0 Å². The molecule has 2 amide bonds. The number of carboxylic acids is 1. The Morgan fingerprint density at radius 3 is 2.67 bits per heavy atom. The number of sulfone groups is 1. The number of nitriles is 1. The van der Waals surface area contributed by atoms with Crippen molar-refractivity contribution in [3.8, 4) is 6.07 Å². The molecule has 1 rings (SSSR count). The molecular weight excluding hydrogens is 298 g/mol. The van der Waals surface area contributed by atoms with Crippen LogP contribution in [0, 0.1) is 11.3 Å². The summed E-state index contributed by atoms with van der Waals surface area (Å²) in [7, 11) is -3.32. The zero-order chi connectivity index (χ0) is 16.0. The predicted octanol–water partition coefficient (Wildman–Crippen LogP) is -0.0843. The summed E-state index contributed by atoms with van der Waals surface area (Å²) in [5.41, 5.74) is 0. The van der Waals surface area contributed by atoms with Gasteiger partial charge in [-0.25, -0.2) is 13.2 Å². The van der Waals surface area contributed by atoms with E-state index in [0.717, 1.165) is 0 Å². The van der Waals surface area contributed by atoms with Gasteiger partial charge in [0, 0.05) is 19.6 Å². The molecule has 0 radical (unpaired) electrons. The summed E-state index contributed by atoms with van der Waals surface area (Å²) in [5, 5.41) is 17.5. The quantitative estimate of drug-likeness (QED) is 0.757. The lowest BCUT2D eigenvalue weighted by atomic mass is 10.2. The van der Waals surface area contributed by atoms with Crippen molar-refractivity contribution in [2.24, 2.45) is 0 Å². The topological polar surface area (TPSA) is 119 Å². The number of carboxylic acid groups (broad SMARTS) is 1. The van der Waals surface area contributed by atoms with E-state index in [1.54, 1.807) is 6.92 Å².